The first-order chi connectivity index (χ1) is 10.9. The maximum absolute atomic E-state index is 12.8. The molecule has 2 aromatic carbocycles. The summed E-state index contributed by atoms with van der Waals surface area (Å²) in [6.45, 7) is 3.72. The van der Waals surface area contributed by atoms with E-state index in [1.807, 2.05) is 31.2 Å². The average Bonchev–Trinajstić information content (AvgIpc) is 2.49. The molecule has 23 heavy (non-hydrogen) atoms. The quantitative estimate of drug-likeness (QED) is 0.922. The van der Waals surface area contributed by atoms with Crippen LogP contribution < -0.4 is 5.32 Å². The first-order valence-corrected chi connectivity index (χ1v) is 7.30. The van der Waals surface area contributed by atoms with Gasteiger partial charge in [0.05, 0.1) is 0 Å². The fraction of sp³-hybridized carbons (Fsp3) is 0.222. The van der Waals surface area contributed by atoms with E-state index in [9.17, 15) is 14.0 Å². The van der Waals surface area contributed by atoms with Crippen LogP contribution >= 0.6 is 0 Å². The molecule has 0 aliphatic rings. The van der Waals surface area contributed by atoms with Gasteiger partial charge in [0.2, 0.25) is 11.8 Å². The Hall–Kier alpha value is -2.69. The van der Waals surface area contributed by atoms with E-state index in [0.29, 0.717) is 12.2 Å². The van der Waals surface area contributed by atoms with Gasteiger partial charge in [0, 0.05) is 19.2 Å². The predicted molar refractivity (Wildman–Crippen MR) is 87.3 cm³/mol. The lowest BCUT2D eigenvalue weighted by atomic mass is 10.1. The number of carbonyl (C=O) groups excluding carboxylic acids is 2. The van der Waals surface area contributed by atoms with Crippen LogP contribution in [-0.4, -0.2) is 23.3 Å². The molecule has 0 saturated carbocycles. The molecule has 2 rings (SSSR count). The Labute approximate surface area is 134 Å². The SMILES string of the molecule is CC(=O)N(CC(=O)Nc1ccc(F)cc1)Cc1cccc(C)c1. The largest absolute Gasteiger partial charge is 0.329 e. The summed E-state index contributed by atoms with van der Waals surface area (Å²) in [7, 11) is 0. The fourth-order valence-electron chi connectivity index (χ4n) is 2.22. The zero-order valence-electron chi connectivity index (χ0n) is 13.2. The number of benzene rings is 2. The summed E-state index contributed by atoms with van der Waals surface area (Å²) in [6.07, 6.45) is 0. The Balaban J connectivity index is 1.99. The van der Waals surface area contributed by atoms with Gasteiger partial charge in [0.1, 0.15) is 12.4 Å². The van der Waals surface area contributed by atoms with Crippen LogP contribution in [0, 0.1) is 12.7 Å². The second-order valence-electron chi connectivity index (χ2n) is 5.42. The maximum Gasteiger partial charge on any atom is 0.244 e. The van der Waals surface area contributed by atoms with Crippen LogP contribution in [0.2, 0.25) is 0 Å². The fourth-order valence-corrected chi connectivity index (χ4v) is 2.22. The third kappa shape index (κ3) is 5.21. The summed E-state index contributed by atoms with van der Waals surface area (Å²) in [4.78, 5) is 25.3. The zero-order valence-corrected chi connectivity index (χ0v) is 13.2. The molecule has 0 fully saturated rings. The number of hydrogen-bond donors (Lipinski definition) is 1. The van der Waals surface area contributed by atoms with Gasteiger partial charge >= 0.3 is 0 Å². The molecule has 0 spiro atoms. The normalized spacial score (nSPS) is 10.2. The molecular formula is C18H19FN2O2. The lowest BCUT2D eigenvalue weighted by molar-refractivity contribution is -0.133. The van der Waals surface area contributed by atoms with Gasteiger partial charge < -0.3 is 10.2 Å². The maximum atomic E-state index is 12.8. The summed E-state index contributed by atoms with van der Waals surface area (Å²) in [6, 6.07) is 13.3. The van der Waals surface area contributed by atoms with Gasteiger partial charge in [-0.05, 0) is 36.8 Å². The van der Waals surface area contributed by atoms with E-state index < -0.39 is 0 Å². The van der Waals surface area contributed by atoms with E-state index >= 15 is 0 Å². The van der Waals surface area contributed by atoms with Gasteiger partial charge in [-0.25, -0.2) is 4.39 Å². The Morgan fingerprint density at radius 3 is 2.43 bits per heavy atom. The Bertz CT molecular complexity index is 698. The Morgan fingerprint density at radius 2 is 1.83 bits per heavy atom. The highest BCUT2D eigenvalue weighted by molar-refractivity contribution is 5.94. The minimum atomic E-state index is -0.368. The van der Waals surface area contributed by atoms with Gasteiger partial charge in [0.15, 0.2) is 0 Å². The van der Waals surface area contributed by atoms with Crippen LogP contribution in [0.15, 0.2) is 48.5 Å². The van der Waals surface area contributed by atoms with E-state index in [2.05, 4.69) is 5.32 Å². The van der Waals surface area contributed by atoms with Crippen molar-refractivity contribution in [3.8, 4) is 0 Å². The summed E-state index contributed by atoms with van der Waals surface area (Å²) in [5.41, 5.74) is 2.56. The van der Waals surface area contributed by atoms with Crippen LogP contribution in [0.25, 0.3) is 0 Å². The van der Waals surface area contributed by atoms with Crippen LogP contribution in [0.3, 0.4) is 0 Å². The smallest absolute Gasteiger partial charge is 0.244 e. The Kier molecular flexibility index (Phi) is 5.46. The van der Waals surface area contributed by atoms with E-state index in [4.69, 9.17) is 0 Å². The molecule has 0 aliphatic carbocycles. The van der Waals surface area contributed by atoms with Crippen molar-refractivity contribution in [2.45, 2.75) is 20.4 Å². The number of aryl methyl sites for hydroxylation is 1. The van der Waals surface area contributed by atoms with Crippen LogP contribution in [0.5, 0.6) is 0 Å². The number of nitrogens with zero attached hydrogens (tertiary/aromatic N) is 1. The minimum Gasteiger partial charge on any atom is -0.329 e. The van der Waals surface area contributed by atoms with E-state index in [-0.39, 0.29) is 24.2 Å². The van der Waals surface area contributed by atoms with Crippen LogP contribution in [0.4, 0.5) is 10.1 Å². The van der Waals surface area contributed by atoms with Crippen molar-refractivity contribution in [1.29, 1.82) is 0 Å². The van der Waals surface area contributed by atoms with Crippen molar-refractivity contribution in [2.75, 3.05) is 11.9 Å². The molecule has 5 heteroatoms. The molecule has 0 aliphatic heterocycles. The van der Waals surface area contributed by atoms with Crippen molar-refractivity contribution in [3.63, 3.8) is 0 Å². The highest BCUT2D eigenvalue weighted by Gasteiger charge is 2.14. The number of amides is 2. The molecule has 2 amide bonds. The number of carbonyl (C=O) groups is 2. The van der Waals surface area contributed by atoms with Crippen molar-refractivity contribution >= 4 is 17.5 Å². The topological polar surface area (TPSA) is 49.4 Å². The number of nitrogens with one attached hydrogen (secondary N) is 1. The lowest BCUT2D eigenvalue weighted by Gasteiger charge is -2.21. The van der Waals surface area contributed by atoms with Crippen molar-refractivity contribution in [3.05, 3.63) is 65.5 Å². The number of hydrogen-bond acceptors (Lipinski definition) is 2. The molecule has 0 saturated heterocycles. The molecule has 0 unspecified atom stereocenters. The first-order valence-electron chi connectivity index (χ1n) is 7.30. The van der Waals surface area contributed by atoms with Gasteiger partial charge in [-0.3, -0.25) is 9.59 Å². The highest BCUT2D eigenvalue weighted by atomic mass is 19.1. The van der Waals surface area contributed by atoms with Crippen molar-refractivity contribution < 1.29 is 14.0 Å². The van der Waals surface area contributed by atoms with Gasteiger partial charge in [-0.2, -0.15) is 0 Å². The average molecular weight is 314 g/mol. The first kappa shape index (κ1) is 16.7. The molecule has 0 atom stereocenters. The van der Waals surface area contributed by atoms with Gasteiger partial charge in [-0.15, -0.1) is 0 Å². The molecule has 0 heterocycles. The molecule has 0 bridgehead atoms. The van der Waals surface area contributed by atoms with Crippen LogP contribution in [0.1, 0.15) is 18.1 Å². The molecule has 120 valence electrons. The summed E-state index contributed by atoms with van der Waals surface area (Å²) < 4.78 is 12.8. The monoisotopic (exact) mass is 314 g/mol. The van der Waals surface area contributed by atoms with E-state index in [1.165, 1.54) is 36.1 Å². The molecule has 0 aromatic heterocycles. The molecule has 0 radical (unpaired) electrons. The standard InChI is InChI=1S/C18H19FN2O2/c1-13-4-3-5-15(10-13)11-21(14(2)22)12-18(23)20-17-8-6-16(19)7-9-17/h3-10H,11-12H2,1-2H3,(H,20,23). The van der Waals surface area contributed by atoms with Crippen LogP contribution in [-0.2, 0) is 16.1 Å². The van der Waals surface area contributed by atoms with E-state index in [0.717, 1.165) is 11.1 Å². The third-order valence-corrected chi connectivity index (χ3v) is 3.36. The number of rotatable bonds is 5. The highest BCUT2D eigenvalue weighted by Crippen LogP contribution is 2.10. The lowest BCUT2D eigenvalue weighted by Crippen LogP contribution is -2.36. The molecule has 1 N–H and O–H groups in total. The molecular weight excluding hydrogens is 295 g/mol. The van der Waals surface area contributed by atoms with Gasteiger partial charge in [0.25, 0.3) is 0 Å². The molecule has 2 aromatic rings. The van der Waals surface area contributed by atoms with Crippen molar-refractivity contribution in [1.82, 2.24) is 4.90 Å². The predicted octanol–water partition coefficient (Wildman–Crippen LogP) is 3.12. The Morgan fingerprint density at radius 1 is 1.13 bits per heavy atom. The third-order valence-electron chi connectivity index (χ3n) is 3.36. The minimum absolute atomic E-state index is 0.0549. The second kappa shape index (κ2) is 7.54. The second-order valence-corrected chi connectivity index (χ2v) is 5.42. The number of halogens is 1. The summed E-state index contributed by atoms with van der Waals surface area (Å²) in [5, 5.41) is 2.65. The van der Waals surface area contributed by atoms with E-state index in [1.54, 1.807) is 0 Å². The summed E-state index contributed by atoms with van der Waals surface area (Å²) in [5.74, 6) is -0.868. The zero-order chi connectivity index (χ0) is 16.8. The number of anilines is 1. The summed E-state index contributed by atoms with van der Waals surface area (Å²) >= 11 is 0. The van der Waals surface area contributed by atoms with Gasteiger partial charge in [-0.1, -0.05) is 29.8 Å². The molecule has 4 nitrogen and oxygen atoms in total. The van der Waals surface area contributed by atoms with Crippen molar-refractivity contribution in [2.24, 2.45) is 0 Å².